The molecule has 0 bridgehead atoms. The predicted octanol–water partition coefficient (Wildman–Crippen LogP) is 1.95. The van der Waals surface area contributed by atoms with Gasteiger partial charge in [0.25, 0.3) is 0 Å². The van der Waals surface area contributed by atoms with E-state index in [1.807, 2.05) is 6.07 Å². The first-order valence-electron chi connectivity index (χ1n) is 6.07. The predicted molar refractivity (Wildman–Crippen MR) is 71.2 cm³/mol. The quantitative estimate of drug-likeness (QED) is 0.899. The van der Waals surface area contributed by atoms with Gasteiger partial charge in [-0.2, -0.15) is 5.26 Å². The summed E-state index contributed by atoms with van der Waals surface area (Å²) in [7, 11) is 0. The van der Waals surface area contributed by atoms with Gasteiger partial charge in [-0.3, -0.25) is 0 Å². The van der Waals surface area contributed by atoms with Gasteiger partial charge in [-0.15, -0.1) is 0 Å². The van der Waals surface area contributed by atoms with E-state index in [4.69, 9.17) is 5.26 Å². The Labute approximate surface area is 119 Å². The number of nitriles is 1. The smallest absolute Gasteiger partial charge is 0.182 e. The number of nitrogens with one attached hydrogen (secondary N) is 1. The summed E-state index contributed by atoms with van der Waals surface area (Å²) >= 11 is 0. The zero-order chi connectivity index (χ0) is 15.5. The third-order valence-electron chi connectivity index (χ3n) is 2.92. The third kappa shape index (κ3) is 3.30. The highest BCUT2D eigenvalue weighted by molar-refractivity contribution is 5.47. The van der Waals surface area contributed by atoms with E-state index in [2.05, 4.69) is 15.3 Å². The van der Waals surface area contributed by atoms with Crippen molar-refractivity contribution in [2.45, 2.75) is 12.5 Å². The molecule has 0 amide bonds. The molecule has 1 atom stereocenters. The van der Waals surface area contributed by atoms with E-state index in [1.165, 1.54) is 25.4 Å². The highest BCUT2D eigenvalue weighted by Gasteiger charge is 2.27. The van der Waals surface area contributed by atoms with E-state index in [-0.39, 0.29) is 23.6 Å². The zero-order valence-electron chi connectivity index (χ0n) is 11.1. The van der Waals surface area contributed by atoms with Crippen molar-refractivity contribution in [3.8, 4) is 6.07 Å². The van der Waals surface area contributed by atoms with Crippen molar-refractivity contribution in [3.05, 3.63) is 53.5 Å². The maximum absolute atomic E-state index is 13.7. The van der Waals surface area contributed by atoms with Gasteiger partial charge in [-0.05, 0) is 13.0 Å². The fourth-order valence-electron chi connectivity index (χ4n) is 1.83. The molecule has 0 saturated carbocycles. The lowest BCUT2D eigenvalue weighted by atomic mass is 9.95. The molecule has 0 aliphatic heterocycles. The molecule has 1 heterocycles. The van der Waals surface area contributed by atoms with E-state index in [9.17, 15) is 13.9 Å². The van der Waals surface area contributed by atoms with Crippen LogP contribution in [-0.2, 0) is 5.60 Å². The number of anilines is 1. The molecule has 0 aliphatic rings. The lowest BCUT2D eigenvalue weighted by molar-refractivity contribution is 0.0673. The molecule has 5 nitrogen and oxygen atoms in total. The molecule has 1 aromatic heterocycles. The summed E-state index contributed by atoms with van der Waals surface area (Å²) in [5.41, 5.74) is -1.60. The number of aromatic nitrogens is 2. The third-order valence-corrected chi connectivity index (χ3v) is 2.92. The van der Waals surface area contributed by atoms with Crippen molar-refractivity contribution in [1.82, 2.24) is 9.97 Å². The molecule has 1 aromatic carbocycles. The van der Waals surface area contributed by atoms with E-state index in [0.717, 1.165) is 6.07 Å². The van der Waals surface area contributed by atoms with Crippen molar-refractivity contribution >= 4 is 5.82 Å². The molecule has 2 rings (SSSR count). The molecule has 2 aromatic rings. The van der Waals surface area contributed by atoms with Gasteiger partial charge >= 0.3 is 0 Å². The SMILES string of the molecule is CC(O)(CNc1nccnc1C#N)c1ccc(F)cc1F. The van der Waals surface area contributed by atoms with Gasteiger partial charge in [-0.25, -0.2) is 18.7 Å². The topological polar surface area (TPSA) is 81.8 Å². The second-order valence-electron chi connectivity index (χ2n) is 4.62. The van der Waals surface area contributed by atoms with Crippen LogP contribution in [0.15, 0.2) is 30.6 Å². The van der Waals surface area contributed by atoms with Crippen LogP contribution in [0.2, 0.25) is 0 Å². The number of hydrogen-bond donors (Lipinski definition) is 2. The second kappa shape index (κ2) is 5.81. The second-order valence-corrected chi connectivity index (χ2v) is 4.62. The monoisotopic (exact) mass is 290 g/mol. The number of rotatable bonds is 4. The minimum Gasteiger partial charge on any atom is -0.383 e. The van der Waals surface area contributed by atoms with Gasteiger partial charge in [0, 0.05) is 30.6 Å². The van der Waals surface area contributed by atoms with Gasteiger partial charge < -0.3 is 10.4 Å². The summed E-state index contributed by atoms with van der Waals surface area (Å²) < 4.78 is 26.6. The molecule has 1 unspecified atom stereocenters. The van der Waals surface area contributed by atoms with E-state index >= 15 is 0 Å². The number of halogens is 2. The molecular weight excluding hydrogens is 278 g/mol. The minimum atomic E-state index is -1.61. The first-order chi connectivity index (χ1) is 9.94. The lowest BCUT2D eigenvalue weighted by Gasteiger charge is -2.25. The Morgan fingerprint density at radius 2 is 2.05 bits per heavy atom. The Balaban J connectivity index is 2.20. The van der Waals surface area contributed by atoms with Gasteiger partial charge in [-0.1, -0.05) is 6.07 Å². The molecule has 2 N–H and O–H groups in total. The molecule has 7 heteroatoms. The largest absolute Gasteiger partial charge is 0.383 e. The molecule has 0 fully saturated rings. The van der Waals surface area contributed by atoms with Crippen LogP contribution in [-0.4, -0.2) is 21.6 Å². The Morgan fingerprint density at radius 3 is 2.71 bits per heavy atom. The van der Waals surface area contributed by atoms with Crippen molar-refractivity contribution in [2.24, 2.45) is 0 Å². The number of aliphatic hydroxyl groups is 1. The highest BCUT2D eigenvalue weighted by Crippen LogP contribution is 2.24. The normalized spacial score (nSPS) is 13.3. The Morgan fingerprint density at radius 1 is 1.33 bits per heavy atom. The van der Waals surface area contributed by atoms with Crippen LogP contribution in [0.3, 0.4) is 0 Å². The average molecular weight is 290 g/mol. The maximum Gasteiger partial charge on any atom is 0.182 e. The number of hydrogen-bond acceptors (Lipinski definition) is 5. The van der Waals surface area contributed by atoms with Crippen molar-refractivity contribution in [3.63, 3.8) is 0 Å². The Bertz CT molecular complexity index is 698. The Hall–Kier alpha value is -2.59. The minimum absolute atomic E-state index is 0.0567. The van der Waals surface area contributed by atoms with Crippen LogP contribution >= 0.6 is 0 Å². The van der Waals surface area contributed by atoms with Gasteiger partial charge in [0.05, 0.1) is 0 Å². The fourth-order valence-corrected chi connectivity index (χ4v) is 1.83. The van der Waals surface area contributed by atoms with Crippen molar-refractivity contribution in [2.75, 3.05) is 11.9 Å². The standard InChI is InChI=1S/C14H12F2N4O/c1-14(21,10-3-2-9(15)6-11(10)16)8-20-13-12(7-17)18-4-5-19-13/h2-6,21H,8H2,1H3,(H,19,20). The molecule has 0 spiro atoms. The lowest BCUT2D eigenvalue weighted by Crippen LogP contribution is -2.32. The van der Waals surface area contributed by atoms with Crippen molar-refractivity contribution in [1.29, 1.82) is 5.26 Å². The zero-order valence-corrected chi connectivity index (χ0v) is 11.1. The fraction of sp³-hybridized carbons (Fsp3) is 0.214. The van der Waals surface area contributed by atoms with Gasteiger partial charge in [0.1, 0.15) is 23.3 Å². The summed E-state index contributed by atoms with van der Waals surface area (Å²) in [5, 5.41) is 21.9. The average Bonchev–Trinajstić information content (AvgIpc) is 2.45. The first kappa shape index (κ1) is 14.8. The van der Waals surface area contributed by atoms with Crippen LogP contribution in [0.5, 0.6) is 0 Å². The molecule has 0 radical (unpaired) electrons. The number of nitrogens with zero attached hydrogens (tertiary/aromatic N) is 3. The summed E-state index contributed by atoms with van der Waals surface area (Å²) in [6.45, 7) is 1.25. The molecule has 21 heavy (non-hydrogen) atoms. The van der Waals surface area contributed by atoms with Gasteiger partial charge in [0.2, 0.25) is 0 Å². The number of benzene rings is 1. The molecule has 0 saturated heterocycles. The highest BCUT2D eigenvalue weighted by atomic mass is 19.1. The maximum atomic E-state index is 13.7. The van der Waals surface area contributed by atoms with Crippen LogP contribution in [0, 0.1) is 23.0 Å². The van der Waals surface area contributed by atoms with Gasteiger partial charge in [0.15, 0.2) is 11.5 Å². The van der Waals surface area contributed by atoms with E-state index in [1.54, 1.807) is 0 Å². The summed E-state index contributed by atoms with van der Waals surface area (Å²) in [6, 6.07) is 4.79. The molecular formula is C14H12F2N4O. The first-order valence-corrected chi connectivity index (χ1v) is 6.07. The van der Waals surface area contributed by atoms with Crippen LogP contribution in [0.25, 0.3) is 0 Å². The van der Waals surface area contributed by atoms with E-state index < -0.39 is 17.2 Å². The van der Waals surface area contributed by atoms with Crippen LogP contribution in [0.1, 0.15) is 18.2 Å². The Kier molecular flexibility index (Phi) is 4.10. The molecule has 108 valence electrons. The van der Waals surface area contributed by atoms with Crippen LogP contribution in [0.4, 0.5) is 14.6 Å². The summed E-state index contributed by atoms with van der Waals surface area (Å²) in [6.07, 6.45) is 2.75. The van der Waals surface area contributed by atoms with E-state index in [0.29, 0.717) is 6.07 Å². The van der Waals surface area contributed by atoms with Crippen molar-refractivity contribution < 1.29 is 13.9 Å². The summed E-state index contributed by atoms with van der Waals surface area (Å²) in [5.74, 6) is -1.38. The van der Waals surface area contributed by atoms with Crippen LogP contribution < -0.4 is 5.32 Å². The summed E-state index contributed by atoms with van der Waals surface area (Å²) in [4.78, 5) is 7.73. The molecule has 0 aliphatic carbocycles.